The maximum atomic E-state index is 13.0. The summed E-state index contributed by atoms with van der Waals surface area (Å²) in [6, 6.07) is 5.79. The molecule has 0 aliphatic carbocycles. The van der Waals surface area contributed by atoms with Gasteiger partial charge in [-0.1, -0.05) is 17.2 Å². The van der Waals surface area contributed by atoms with Crippen LogP contribution in [0.15, 0.2) is 23.1 Å². The minimum absolute atomic E-state index is 0.0447. The molecule has 27 heavy (non-hydrogen) atoms. The van der Waals surface area contributed by atoms with Gasteiger partial charge in [0.15, 0.2) is 0 Å². The lowest BCUT2D eigenvalue weighted by atomic mass is 10.1. The number of hydrogen-bond acceptors (Lipinski definition) is 4. The highest BCUT2D eigenvalue weighted by Crippen LogP contribution is 2.23. The minimum atomic E-state index is -3.63. The molecule has 0 saturated carbocycles. The largest absolute Gasteiger partial charge is 0.337 e. The van der Waals surface area contributed by atoms with Crippen LogP contribution in [0.4, 0.5) is 0 Å². The van der Waals surface area contributed by atoms with Gasteiger partial charge in [-0.2, -0.15) is 9.40 Å². The Kier molecular flexibility index (Phi) is 5.39. The zero-order valence-corrected chi connectivity index (χ0v) is 17.1. The number of carbonyl (C=O) groups excluding carboxylic acids is 1. The lowest BCUT2D eigenvalue weighted by molar-refractivity contribution is 0.0764. The van der Waals surface area contributed by atoms with E-state index in [0.29, 0.717) is 43.0 Å². The van der Waals surface area contributed by atoms with Gasteiger partial charge in [-0.15, -0.1) is 0 Å². The molecule has 1 aliphatic rings. The molecule has 1 amide bonds. The van der Waals surface area contributed by atoms with E-state index in [9.17, 15) is 13.2 Å². The molecule has 0 atom stereocenters. The first-order valence-electron chi connectivity index (χ1n) is 9.09. The van der Waals surface area contributed by atoms with E-state index in [1.165, 1.54) is 4.31 Å². The lowest BCUT2D eigenvalue weighted by Gasteiger charge is -2.22. The smallest absolute Gasteiger partial charge is 0.253 e. The van der Waals surface area contributed by atoms with Crippen LogP contribution in [0.5, 0.6) is 0 Å². The normalized spacial score (nSPS) is 16.4. The lowest BCUT2D eigenvalue weighted by Crippen LogP contribution is -2.37. The minimum Gasteiger partial charge on any atom is -0.337 e. The second-order valence-electron chi connectivity index (χ2n) is 7.19. The standard InChI is InChI=1S/C19H26N4O3S/c1-13-10-14(2)12-17(11-13)19(24)22-6-5-7-23(9-8-22)27(25,26)18-15(3)20-21-16(18)4/h10-12H,5-9H2,1-4H3,(H,20,21). The summed E-state index contributed by atoms with van der Waals surface area (Å²) in [5, 5.41) is 6.74. The van der Waals surface area contributed by atoms with Crippen molar-refractivity contribution in [1.82, 2.24) is 19.4 Å². The molecule has 8 heteroatoms. The summed E-state index contributed by atoms with van der Waals surface area (Å²) in [4.78, 5) is 14.9. The highest BCUT2D eigenvalue weighted by molar-refractivity contribution is 7.89. The first kappa shape index (κ1) is 19.6. The molecule has 146 valence electrons. The fraction of sp³-hybridized carbons (Fsp3) is 0.474. The van der Waals surface area contributed by atoms with Crippen molar-refractivity contribution in [3.63, 3.8) is 0 Å². The van der Waals surface area contributed by atoms with E-state index in [2.05, 4.69) is 10.2 Å². The van der Waals surface area contributed by atoms with Gasteiger partial charge in [0.2, 0.25) is 10.0 Å². The van der Waals surface area contributed by atoms with E-state index in [-0.39, 0.29) is 17.3 Å². The van der Waals surface area contributed by atoms with E-state index < -0.39 is 10.0 Å². The number of hydrogen-bond donors (Lipinski definition) is 1. The molecular formula is C19H26N4O3S. The van der Waals surface area contributed by atoms with Gasteiger partial charge in [0.25, 0.3) is 5.91 Å². The SMILES string of the molecule is Cc1cc(C)cc(C(=O)N2CCCN(S(=O)(=O)c3c(C)n[nH]c3C)CC2)c1. The van der Waals surface area contributed by atoms with Crippen molar-refractivity contribution in [3.8, 4) is 0 Å². The molecule has 1 fully saturated rings. The fourth-order valence-electron chi connectivity index (χ4n) is 3.67. The summed E-state index contributed by atoms with van der Waals surface area (Å²) in [6.07, 6.45) is 0.603. The molecule has 0 bridgehead atoms. The Labute approximate surface area is 160 Å². The number of nitrogens with zero attached hydrogens (tertiary/aromatic N) is 3. The van der Waals surface area contributed by atoms with E-state index in [1.54, 1.807) is 18.7 Å². The molecule has 2 heterocycles. The van der Waals surface area contributed by atoms with Crippen LogP contribution in [0.2, 0.25) is 0 Å². The highest BCUT2D eigenvalue weighted by atomic mass is 32.2. The Morgan fingerprint density at radius 1 is 1.00 bits per heavy atom. The van der Waals surface area contributed by atoms with Gasteiger partial charge < -0.3 is 4.90 Å². The number of amides is 1. The van der Waals surface area contributed by atoms with E-state index in [0.717, 1.165) is 11.1 Å². The summed E-state index contributed by atoms with van der Waals surface area (Å²) in [7, 11) is -3.63. The summed E-state index contributed by atoms with van der Waals surface area (Å²) < 4.78 is 27.5. The number of carbonyl (C=O) groups is 1. The number of nitrogens with one attached hydrogen (secondary N) is 1. The first-order valence-corrected chi connectivity index (χ1v) is 10.5. The molecule has 0 radical (unpaired) electrons. The highest BCUT2D eigenvalue weighted by Gasteiger charge is 2.32. The van der Waals surface area contributed by atoms with Crippen LogP contribution in [0, 0.1) is 27.7 Å². The van der Waals surface area contributed by atoms with Gasteiger partial charge in [-0.3, -0.25) is 9.89 Å². The molecule has 1 saturated heterocycles. The van der Waals surface area contributed by atoms with Gasteiger partial charge in [0.1, 0.15) is 4.90 Å². The van der Waals surface area contributed by atoms with E-state index in [4.69, 9.17) is 0 Å². The molecular weight excluding hydrogens is 364 g/mol. The van der Waals surface area contributed by atoms with Crippen LogP contribution in [-0.4, -0.2) is 59.9 Å². The molecule has 1 aliphatic heterocycles. The van der Waals surface area contributed by atoms with Crippen LogP contribution in [0.1, 0.15) is 39.3 Å². The van der Waals surface area contributed by atoms with Gasteiger partial charge in [0, 0.05) is 31.7 Å². The molecule has 1 aromatic carbocycles. The van der Waals surface area contributed by atoms with E-state index >= 15 is 0 Å². The van der Waals surface area contributed by atoms with Crippen LogP contribution in [-0.2, 0) is 10.0 Å². The third kappa shape index (κ3) is 3.91. The summed E-state index contributed by atoms with van der Waals surface area (Å²) in [6.45, 7) is 8.92. The molecule has 7 nitrogen and oxygen atoms in total. The average molecular weight is 391 g/mol. The third-order valence-electron chi connectivity index (χ3n) is 4.87. The van der Waals surface area contributed by atoms with Crippen LogP contribution in [0.3, 0.4) is 0 Å². The number of aryl methyl sites for hydroxylation is 4. The first-order chi connectivity index (χ1) is 12.7. The third-order valence-corrected chi connectivity index (χ3v) is 7.03. The average Bonchev–Trinajstić information content (AvgIpc) is 2.80. The summed E-state index contributed by atoms with van der Waals surface area (Å²) in [5.74, 6) is -0.0447. The Morgan fingerprint density at radius 2 is 1.67 bits per heavy atom. The van der Waals surface area contributed by atoms with Crippen molar-refractivity contribution in [1.29, 1.82) is 0 Å². The van der Waals surface area contributed by atoms with Crippen LogP contribution >= 0.6 is 0 Å². The monoisotopic (exact) mass is 390 g/mol. The summed E-state index contributed by atoms with van der Waals surface area (Å²) in [5.41, 5.74) is 3.76. The van der Waals surface area contributed by atoms with Crippen molar-refractivity contribution < 1.29 is 13.2 Å². The van der Waals surface area contributed by atoms with Gasteiger partial charge in [0.05, 0.1) is 11.4 Å². The molecule has 0 spiro atoms. The molecule has 0 unspecified atom stereocenters. The van der Waals surface area contributed by atoms with Crippen molar-refractivity contribution in [2.45, 2.75) is 39.0 Å². The molecule has 1 aromatic heterocycles. The predicted octanol–water partition coefficient (Wildman–Crippen LogP) is 2.18. The number of aromatic amines is 1. The second-order valence-corrected chi connectivity index (χ2v) is 9.06. The number of benzene rings is 1. The van der Waals surface area contributed by atoms with Crippen molar-refractivity contribution in [3.05, 3.63) is 46.3 Å². The Morgan fingerprint density at radius 3 is 2.26 bits per heavy atom. The topological polar surface area (TPSA) is 86.4 Å². The summed E-state index contributed by atoms with van der Waals surface area (Å²) >= 11 is 0. The van der Waals surface area contributed by atoms with Gasteiger partial charge >= 0.3 is 0 Å². The zero-order valence-electron chi connectivity index (χ0n) is 16.2. The molecule has 1 N–H and O–H groups in total. The number of rotatable bonds is 3. The van der Waals surface area contributed by atoms with Crippen molar-refractivity contribution >= 4 is 15.9 Å². The second kappa shape index (κ2) is 7.44. The van der Waals surface area contributed by atoms with Crippen molar-refractivity contribution in [2.75, 3.05) is 26.2 Å². The van der Waals surface area contributed by atoms with Gasteiger partial charge in [-0.05, 0) is 46.2 Å². The quantitative estimate of drug-likeness (QED) is 0.870. The van der Waals surface area contributed by atoms with Crippen LogP contribution in [0.25, 0.3) is 0 Å². The predicted molar refractivity (Wildman–Crippen MR) is 103 cm³/mol. The number of H-pyrrole nitrogens is 1. The number of aromatic nitrogens is 2. The number of sulfonamides is 1. The van der Waals surface area contributed by atoms with Gasteiger partial charge in [-0.25, -0.2) is 8.42 Å². The van der Waals surface area contributed by atoms with Crippen molar-refractivity contribution in [2.24, 2.45) is 0 Å². The zero-order chi connectivity index (χ0) is 19.8. The Bertz CT molecular complexity index is 926. The fourth-order valence-corrected chi connectivity index (χ4v) is 5.47. The van der Waals surface area contributed by atoms with E-state index in [1.807, 2.05) is 32.0 Å². The maximum Gasteiger partial charge on any atom is 0.253 e. The van der Waals surface area contributed by atoms with Crippen LogP contribution < -0.4 is 0 Å². The maximum absolute atomic E-state index is 13.0. The molecule has 3 rings (SSSR count). The Balaban J connectivity index is 1.78. The molecule has 2 aromatic rings. The Hall–Kier alpha value is -2.19.